The first kappa shape index (κ1) is 17.9. The highest BCUT2D eigenvalue weighted by Gasteiger charge is 2.27. The quantitative estimate of drug-likeness (QED) is 0.805. The molecule has 2 aromatic rings. The molecular formula is C18H26N8O. The van der Waals surface area contributed by atoms with Crippen molar-refractivity contribution in [2.24, 2.45) is 0 Å². The monoisotopic (exact) mass is 370 g/mol. The lowest BCUT2D eigenvalue weighted by Gasteiger charge is -2.36. The number of ether oxygens (including phenoxy) is 1. The van der Waals surface area contributed by atoms with E-state index in [9.17, 15) is 0 Å². The minimum absolute atomic E-state index is 0.312. The maximum Gasteiger partial charge on any atom is 0.264 e. The largest absolute Gasteiger partial charge is 0.413 e. The first-order valence-corrected chi connectivity index (χ1v) is 9.48. The van der Waals surface area contributed by atoms with E-state index in [1.165, 1.54) is 0 Å². The number of hydrogen-bond acceptors (Lipinski definition) is 9. The van der Waals surface area contributed by atoms with E-state index < -0.39 is 0 Å². The maximum atomic E-state index is 6.17. The van der Waals surface area contributed by atoms with E-state index in [2.05, 4.69) is 54.2 Å². The molecule has 0 radical (unpaired) electrons. The van der Waals surface area contributed by atoms with Crippen LogP contribution in [0.2, 0.25) is 0 Å². The minimum atomic E-state index is 0.312. The minimum Gasteiger partial charge on any atom is -0.413 e. The van der Waals surface area contributed by atoms with E-state index in [-0.39, 0.29) is 0 Å². The lowest BCUT2D eigenvalue weighted by molar-refractivity contribution is 0.421. The lowest BCUT2D eigenvalue weighted by atomic mass is 10.2. The predicted molar refractivity (Wildman–Crippen MR) is 103 cm³/mol. The molecule has 0 amide bonds. The average molecular weight is 370 g/mol. The van der Waals surface area contributed by atoms with Crippen molar-refractivity contribution in [3.63, 3.8) is 0 Å². The summed E-state index contributed by atoms with van der Waals surface area (Å²) in [6, 6.07) is 0.625. The molecule has 0 saturated carbocycles. The van der Waals surface area contributed by atoms with Gasteiger partial charge in [0.25, 0.3) is 11.8 Å². The van der Waals surface area contributed by atoms with E-state index in [1.807, 2.05) is 0 Å². The fourth-order valence-corrected chi connectivity index (χ4v) is 3.58. The van der Waals surface area contributed by atoms with Crippen LogP contribution < -0.4 is 25.2 Å². The molecule has 144 valence electrons. The molecule has 4 heterocycles. The summed E-state index contributed by atoms with van der Waals surface area (Å²) in [7, 11) is 0. The van der Waals surface area contributed by atoms with E-state index in [1.54, 1.807) is 24.8 Å². The first-order valence-electron chi connectivity index (χ1n) is 9.48. The number of nitrogens with one attached hydrogen (secondary N) is 2. The van der Waals surface area contributed by atoms with Gasteiger partial charge in [0.05, 0.1) is 0 Å². The van der Waals surface area contributed by atoms with Crippen LogP contribution in [0.15, 0.2) is 24.8 Å². The molecule has 2 N–H and O–H groups in total. The number of piperazine rings is 2. The molecule has 0 aliphatic carbocycles. The molecule has 2 unspecified atom stereocenters. The standard InChI is InChI=1S/C18H26N8O/c1-13-11-19-7-9-25(13)15-17(23-5-3-21-15)27-18-16(22-4-6-24-18)26-10-8-20-12-14(26)2/h3-6,13-14,19-20H,7-12H2,1-2H3. The van der Waals surface area contributed by atoms with Gasteiger partial charge in [0, 0.05) is 76.1 Å². The Hall–Kier alpha value is -2.52. The fraction of sp³-hybridized carbons (Fsp3) is 0.556. The van der Waals surface area contributed by atoms with Crippen molar-refractivity contribution in [3.05, 3.63) is 24.8 Å². The van der Waals surface area contributed by atoms with Crippen LogP contribution in [0.1, 0.15) is 13.8 Å². The molecule has 0 aromatic carbocycles. The van der Waals surface area contributed by atoms with Gasteiger partial charge in [-0.3, -0.25) is 0 Å². The Morgan fingerprint density at radius 3 is 1.67 bits per heavy atom. The number of aromatic nitrogens is 4. The molecule has 9 nitrogen and oxygen atoms in total. The van der Waals surface area contributed by atoms with Crippen LogP contribution in [-0.4, -0.2) is 71.3 Å². The van der Waals surface area contributed by atoms with Gasteiger partial charge in [0.1, 0.15) is 0 Å². The van der Waals surface area contributed by atoms with Gasteiger partial charge in [-0.25, -0.2) is 19.9 Å². The second-order valence-electron chi connectivity index (χ2n) is 6.97. The molecule has 2 atom stereocenters. The van der Waals surface area contributed by atoms with Crippen molar-refractivity contribution < 1.29 is 4.74 Å². The second kappa shape index (κ2) is 8.01. The third-order valence-electron chi connectivity index (χ3n) is 5.03. The Balaban J connectivity index is 1.64. The molecule has 27 heavy (non-hydrogen) atoms. The molecule has 0 spiro atoms. The van der Waals surface area contributed by atoms with Crippen LogP contribution in [0.3, 0.4) is 0 Å². The Morgan fingerprint density at radius 2 is 1.22 bits per heavy atom. The number of nitrogens with zero attached hydrogens (tertiary/aromatic N) is 6. The molecule has 4 rings (SSSR count). The van der Waals surface area contributed by atoms with Crippen LogP contribution in [-0.2, 0) is 0 Å². The molecule has 9 heteroatoms. The molecule has 2 aromatic heterocycles. The van der Waals surface area contributed by atoms with Gasteiger partial charge in [-0.2, -0.15) is 0 Å². The topological polar surface area (TPSA) is 91.3 Å². The van der Waals surface area contributed by atoms with Crippen molar-refractivity contribution in [3.8, 4) is 11.8 Å². The second-order valence-corrected chi connectivity index (χ2v) is 6.97. The number of rotatable bonds is 4. The molecule has 2 aliphatic heterocycles. The van der Waals surface area contributed by atoms with Gasteiger partial charge < -0.3 is 25.2 Å². The average Bonchev–Trinajstić information content (AvgIpc) is 2.70. The Bertz CT molecular complexity index is 709. The highest BCUT2D eigenvalue weighted by atomic mass is 16.5. The summed E-state index contributed by atoms with van der Waals surface area (Å²) in [6.07, 6.45) is 6.70. The zero-order chi connectivity index (χ0) is 18.6. The lowest BCUT2D eigenvalue weighted by Crippen LogP contribution is -2.50. The van der Waals surface area contributed by atoms with Crippen molar-refractivity contribution >= 4 is 11.6 Å². The zero-order valence-corrected chi connectivity index (χ0v) is 15.8. The summed E-state index contributed by atoms with van der Waals surface area (Å²) in [5.41, 5.74) is 0. The summed E-state index contributed by atoms with van der Waals surface area (Å²) in [5, 5.41) is 6.79. The normalized spacial score (nSPS) is 23.3. The van der Waals surface area contributed by atoms with Crippen LogP contribution in [0.5, 0.6) is 11.8 Å². The van der Waals surface area contributed by atoms with Gasteiger partial charge in [0.15, 0.2) is 11.6 Å². The third-order valence-corrected chi connectivity index (χ3v) is 5.03. The summed E-state index contributed by atoms with van der Waals surface area (Å²) >= 11 is 0. The number of hydrogen-bond donors (Lipinski definition) is 2. The SMILES string of the molecule is CC1CNCCN1c1nccnc1Oc1nccnc1N1CCNCC1C. The summed E-state index contributed by atoms with van der Waals surface area (Å²) in [5.74, 6) is 2.43. The van der Waals surface area contributed by atoms with Crippen LogP contribution in [0.4, 0.5) is 11.6 Å². The van der Waals surface area contributed by atoms with Crippen LogP contribution >= 0.6 is 0 Å². The van der Waals surface area contributed by atoms with Crippen molar-refractivity contribution in [1.82, 2.24) is 30.6 Å². The first-order chi connectivity index (χ1) is 13.2. The fourth-order valence-electron chi connectivity index (χ4n) is 3.58. The molecule has 2 fully saturated rings. The molecule has 2 aliphatic rings. The third kappa shape index (κ3) is 3.79. The highest BCUT2D eigenvalue weighted by Crippen LogP contribution is 2.33. The van der Waals surface area contributed by atoms with E-state index in [4.69, 9.17) is 4.74 Å². The van der Waals surface area contributed by atoms with E-state index in [0.717, 1.165) is 50.9 Å². The highest BCUT2D eigenvalue weighted by molar-refractivity contribution is 5.55. The number of anilines is 2. The Morgan fingerprint density at radius 1 is 0.778 bits per heavy atom. The maximum absolute atomic E-state index is 6.17. The van der Waals surface area contributed by atoms with Gasteiger partial charge in [-0.1, -0.05) is 0 Å². The van der Waals surface area contributed by atoms with Crippen molar-refractivity contribution in [2.75, 3.05) is 49.1 Å². The van der Waals surface area contributed by atoms with Crippen molar-refractivity contribution in [1.29, 1.82) is 0 Å². The predicted octanol–water partition coefficient (Wildman–Crippen LogP) is 0.655. The van der Waals surface area contributed by atoms with Gasteiger partial charge in [-0.05, 0) is 13.8 Å². The molecule has 0 bridgehead atoms. The van der Waals surface area contributed by atoms with Gasteiger partial charge in [-0.15, -0.1) is 0 Å². The van der Waals surface area contributed by atoms with E-state index in [0.29, 0.717) is 23.8 Å². The van der Waals surface area contributed by atoms with Crippen LogP contribution in [0, 0.1) is 0 Å². The summed E-state index contributed by atoms with van der Waals surface area (Å²) in [4.78, 5) is 22.4. The van der Waals surface area contributed by atoms with Gasteiger partial charge >= 0.3 is 0 Å². The summed E-state index contributed by atoms with van der Waals surface area (Å²) in [6.45, 7) is 9.69. The van der Waals surface area contributed by atoms with Crippen LogP contribution in [0.25, 0.3) is 0 Å². The Labute approximate surface area is 159 Å². The molecular weight excluding hydrogens is 344 g/mol. The molecule has 2 saturated heterocycles. The van der Waals surface area contributed by atoms with E-state index >= 15 is 0 Å². The zero-order valence-electron chi connectivity index (χ0n) is 15.8. The Kier molecular flexibility index (Phi) is 5.30. The van der Waals surface area contributed by atoms with Gasteiger partial charge in [0.2, 0.25) is 0 Å². The van der Waals surface area contributed by atoms with Crippen molar-refractivity contribution in [2.45, 2.75) is 25.9 Å². The summed E-state index contributed by atoms with van der Waals surface area (Å²) < 4.78 is 6.17. The smallest absolute Gasteiger partial charge is 0.264 e.